The molecule has 0 saturated heterocycles. The van der Waals surface area contributed by atoms with Crippen molar-refractivity contribution in [2.75, 3.05) is 11.4 Å². The van der Waals surface area contributed by atoms with Crippen molar-refractivity contribution in [3.05, 3.63) is 98.5 Å². The second-order valence-corrected chi connectivity index (χ2v) is 8.75. The number of benzene rings is 3. The Morgan fingerprint density at radius 3 is 2.38 bits per heavy atom. The predicted octanol–water partition coefficient (Wildman–Crippen LogP) is 5.75. The Morgan fingerprint density at radius 2 is 1.72 bits per heavy atom. The van der Waals surface area contributed by atoms with E-state index in [1.54, 1.807) is 18.2 Å². The second-order valence-electron chi connectivity index (χ2n) is 7.88. The summed E-state index contributed by atoms with van der Waals surface area (Å²) in [4.78, 5) is 26.5. The van der Waals surface area contributed by atoms with Crippen LogP contribution < -0.4 is 10.2 Å². The van der Waals surface area contributed by atoms with Crippen molar-refractivity contribution in [1.29, 1.82) is 0 Å². The van der Waals surface area contributed by atoms with E-state index >= 15 is 0 Å². The minimum atomic E-state index is -0.983. The van der Waals surface area contributed by atoms with Crippen LogP contribution in [0, 0.1) is 0 Å². The highest BCUT2D eigenvalue weighted by Crippen LogP contribution is 2.36. The molecular weight excluding hydrogens is 447 g/mol. The molecule has 3 aromatic carbocycles. The fraction of sp³-hybridized carbons (Fsp3) is 0.200. The molecule has 1 aliphatic rings. The molecule has 32 heavy (non-hydrogen) atoms. The van der Waals surface area contributed by atoms with Gasteiger partial charge >= 0.3 is 5.97 Å². The molecule has 0 bridgehead atoms. The average Bonchev–Trinajstić information content (AvgIpc) is 3.17. The van der Waals surface area contributed by atoms with Gasteiger partial charge in [-0.05, 0) is 66.4 Å². The molecular formula is C25H22Cl2N2O3. The number of carboxylic acids is 1. The number of carboxylic acid groups (broad SMARTS) is 1. The van der Waals surface area contributed by atoms with Gasteiger partial charge in [0.05, 0.1) is 22.9 Å². The molecule has 0 spiro atoms. The van der Waals surface area contributed by atoms with Crippen LogP contribution in [0.5, 0.6) is 0 Å². The van der Waals surface area contributed by atoms with Crippen LogP contribution in [0.1, 0.15) is 50.4 Å². The van der Waals surface area contributed by atoms with Crippen LogP contribution in [-0.2, 0) is 13.0 Å². The first-order valence-electron chi connectivity index (χ1n) is 10.3. The number of amides is 1. The maximum atomic E-state index is 13.3. The quantitative estimate of drug-likeness (QED) is 0.483. The van der Waals surface area contributed by atoms with Gasteiger partial charge in [0.1, 0.15) is 0 Å². The smallest absolute Gasteiger partial charge is 0.335 e. The molecule has 0 aromatic heterocycles. The van der Waals surface area contributed by atoms with E-state index < -0.39 is 5.97 Å². The summed E-state index contributed by atoms with van der Waals surface area (Å²) in [7, 11) is 0. The number of nitrogens with zero attached hydrogens (tertiary/aromatic N) is 1. The normalized spacial score (nSPS) is 13.5. The van der Waals surface area contributed by atoms with Crippen molar-refractivity contribution in [2.45, 2.75) is 25.9 Å². The zero-order chi connectivity index (χ0) is 22.8. The topological polar surface area (TPSA) is 69.6 Å². The van der Waals surface area contributed by atoms with E-state index in [2.05, 4.69) is 10.2 Å². The SMILES string of the molecule is CC(NC(=O)c1cc(Cl)cc2c1N(Cc1ccc(Cl)cc1)CC2)c1ccc(C(=O)O)cc1. The van der Waals surface area contributed by atoms with E-state index in [4.69, 9.17) is 28.3 Å². The highest BCUT2D eigenvalue weighted by molar-refractivity contribution is 6.31. The van der Waals surface area contributed by atoms with Crippen molar-refractivity contribution in [2.24, 2.45) is 0 Å². The maximum absolute atomic E-state index is 13.3. The Bertz CT molecular complexity index is 1160. The lowest BCUT2D eigenvalue weighted by Gasteiger charge is -2.23. The van der Waals surface area contributed by atoms with Gasteiger partial charge in [0.25, 0.3) is 5.91 Å². The molecule has 0 radical (unpaired) electrons. The molecule has 1 atom stereocenters. The number of aromatic carboxylic acids is 1. The van der Waals surface area contributed by atoms with Gasteiger partial charge in [-0.1, -0.05) is 47.5 Å². The zero-order valence-corrected chi connectivity index (χ0v) is 19.0. The summed E-state index contributed by atoms with van der Waals surface area (Å²) in [5, 5.41) is 13.3. The standard InChI is InChI=1S/C25H22Cl2N2O3/c1-15(17-4-6-18(7-5-17)25(31)32)28-24(30)22-13-21(27)12-19-10-11-29(23(19)22)14-16-2-8-20(26)9-3-16/h2-9,12-13,15H,10-11,14H2,1H3,(H,28,30)(H,31,32). The molecule has 164 valence electrons. The molecule has 1 amide bonds. The number of carbonyl (C=O) groups excluding carboxylic acids is 1. The first-order valence-corrected chi connectivity index (χ1v) is 11.0. The van der Waals surface area contributed by atoms with Crippen molar-refractivity contribution in [1.82, 2.24) is 5.32 Å². The Morgan fingerprint density at radius 1 is 1.03 bits per heavy atom. The number of anilines is 1. The summed E-state index contributed by atoms with van der Waals surface area (Å²) in [6, 6.07) is 17.5. The summed E-state index contributed by atoms with van der Waals surface area (Å²) in [5.74, 6) is -1.20. The third-order valence-corrected chi connectivity index (χ3v) is 6.13. The maximum Gasteiger partial charge on any atom is 0.335 e. The van der Waals surface area contributed by atoms with Crippen LogP contribution in [0.15, 0.2) is 60.7 Å². The molecule has 0 aliphatic carbocycles. The number of halogens is 2. The molecule has 7 heteroatoms. The first kappa shape index (κ1) is 22.2. The predicted molar refractivity (Wildman–Crippen MR) is 127 cm³/mol. The number of nitrogens with one attached hydrogen (secondary N) is 1. The molecule has 0 saturated carbocycles. The largest absolute Gasteiger partial charge is 0.478 e. The van der Waals surface area contributed by atoms with Crippen molar-refractivity contribution in [3.8, 4) is 0 Å². The van der Waals surface area contributed by atoms with E-state index in [1.807, 2.05) is 37.3 Å². The van der Waals surface area contributed by atoms with E-state index in [-0.39, 0.29) is 17.5 Å². The number of rotatable bonds is 6. The molecule has 1 unspecified atom stereocenters. The first-order chi connectivity index (χ1) is 15.3. The summed E-state index contributed by atoms with van der Waals surface area (Å²) in [6.45, 7) is 3.33. The molecule has 5 nitrogen and oxygen atoms in total. The van der Waals surface area contributed by atoms with Crippen molar-refractivity contribution in [3.63, 3.8) is 0 Å². The van der Waals surface area contributed by atoms with Crippen molar-refractivity contribution >= 4 is 40.8 Å². The fourth-order valence-corrected chi connectivity index (χ4v) is 4.37. The van der Waals surface area contributed by atoms with Crippen LogP contribution in [0.4, 0.5) is 5.69 Å². The number of carbonyl (C=O) groups is 2. The zero-order valence-electron chi connectivity index (χ0n) is 17.4. The summed E-state index contributed by atoms with van der Waals surface area (Å²) >= 11 is 12.3. The van der Waals surface area contributed by atoms with Gasteiger partial charge in [-0.25, -0.2) is 4.79 Å². The Hall–Kier alpha value is -3.02. The minimum Gasteiger partial charge on any atom is -0.478 e. The molecule has 1 heterocycles. The number of hydrogen-bond donors (Lipinski definition) is 2. The molecule has 0 fully saturated rings. The second kappa shape index (κ2) is 9.23. The third-order valence-electron chi connectivity index (χ3n) is 5.66. The van der Waals surface area contributed by atoms with Crippen LogP contribution in [0.3, 0.4) is 0 Å². The minimum absolute atomic E-state index is 0.206. The van der Waals surface area contributed by atoms with Gasteiger partial charge in [-0.2, -0.15) is 0 Å². The monoisotopic (exact) mass is 468 g/mol. The Balaban J connectivity index is 1.57. The van der Waals surface area contributed by atoms with Gasteiger partial charge in [-0.15, -0.1) is 0 Å². The average molecular weight is 469 g/mol. The van der Waals surface area contributed by atoms with Gasteiger partial charge in [-0.3, -0.25) is 4.79 Å². The van der Waals surface area contributed by atoms with Crippen LogP contribution >= 0.6 is 23.2 Å². The molecule has 2 N–H and O–H groups in total. The van der Waals surface area contributed by atoms with Gasteiger partial charge in [0.2, 0.25) is 0 Å². The Labute approximate surface area is 196 Å². The lowest BCUT2D eigenvalue weighted by atomic mass is 10.0. The van der Waals surface area contributed by atoms with Gasteiger partial charge < -0.3 is 15.3 Å². The van der Waals surface area contributed by atoms with Gasteiger partial charge in [0.15, 0.2) is 0 Å². The highest BCUT2D eigenvalue weighted by atomic mass is 35.5. The molecule has 4 rings (SSSR count). The Kier molecular flexibility index (Phi) is 6.40. The van der Waals surface area contributed by atoms with Crippen molar-refractivity contribution < 1.29 is 14.7 Å². The summed E-state index contributed by atoms with van der Waals surface area (Å²) in [5.41, 5.74) is 4.62. The molecule has 1 aliphatic heterocycles. The summed E-state index contributed by atoms with van der Waals surface area (Å²) in [6.07, 6.45) is 0.815. The summed E-state index contributed by atoms with van der Waals surface area (Å²) < 4.78 is 0. The number of fused-ring (bicyclic) bond motifs is 1. The van der Waals surface area contributed by atoms with E-state index in [0.717, 1.165) is 35.3 Å². The highest BCUT2D eigenvalue weighted by Gasteiger charge is 2.27. The van der Waals surface area contributed by atoms with E-state index in [0.29, 0.717) is 22.2 Å². The molecule has 3 aromatic rings. The van der Waals surface area contributed by atoms with E-state index in [9.17, 15) is 9.59 Å². The third kappa shape index (κ3) is 4.74. The fourth-order valence-electron chi connectivity index (χ4n) is 4.00. The van der Waals surface area contributed by atoms with Crippen LogP contribution in [-0.4, -0.2) is 23.5 Å². The van der Waals surface area contributed by atoms with Crippen LogP contribution in [0.2, 0.25) is 10.0 Å². The number of hydrogen-bond acceptors (Lipinski definition) is 3. The van der Waals surface area contributed by atoms with E-state index in [1.165, 1.54) is 12.1 Å². The van der Waals surface area contributed by atoms with Gasteiger partial charge in [0, 0.05) is 23.1 Å². The van der Waals surface area contributed by atoms with Crippen LogP contribution in [0.25, 0.3) is 0 Å². The lowest BCUT2D eigenvalue weighted by molar-refractivity contribution is 0.0696. The lowest BCUT2D eigenvalue weighted by Crippen LogP contribution is -2.29.